The van der Waals surface area contributed by atoms with Crippen LogP contribution in [0.15, 0.2) is 0 Å². The molecule has 2 fully saturated rings. The minimum Gasteiger partial charge on any atom is -0.356 e. The number of nitrogens with one attached hydrogen (secondary N) is 1. The van der Waals surface area contributed by atoms with Crippen LogP contribution in [0.2, 0.25) is 0 Å². The lowest BCUT2D eigenvalue weighted by molar-refractivity contribution is -0.126. The van der Waals surface area contributed by atoms with Crippen LogP contribution < -0.4 is 5.32 Å². The van der Waals surface area contributed by atoms with Crippen LogP contribution in [0.1, 0.15) is 52.4 Å². The van der Waals surface area contributed by atoms with E-state index >= 15 is 0 Å². The molecule has 0 saturated carbocycles. The van der Waals surface area contributed by atoms with Gasteiger partial charge in [0, 0.05) is 38.1 Å². The molecule has 0 radical (unpaired) electrons. The van der Waals surface area contributed by atoms with Gasteiger partial charge in [0.15, 0.2) is 0 Å². The molecule has 24 heavy (non-hydrogen) atoms. The Hall–Kier alpha value is -0.660. The molecule has 1 amide bonds. The first-order chi connectivity index (χ1) is 11.4. The van der Waals surface area contributed by atoms with Gasteiger partial charge in [0.05, 0.1) is 5.75 Å². The lowest BCUT2D eigenvalue weighted by atomic mass is 9.97. The summed E-state index contributed by atoms with van der Waals surface area (Å²) in [5.74, 6) is 0.191. The molecule has 7 heteroatoms. The molecule has 0 bridgehead atoms. The molecule has 1 atom stereocenters. The number of hydrogen-bond donors (Lipinski definition) is 1. The second-order valence-electron chi connectivity index (χ2n) is 7.10. The van der Waals surface area contributed by atoms with E-state index in [1.807, 2.05) is 0 Å². The third-order valence-electron chi connectivity index (χ3n) is 5.44. The lowest BCUT2D eigenvalue weighted by Gasteiger charge is -2.33. The summed E-state index contributed by atoms with van der Waals surface area (Å²) in [7, 11) is -3.11. The Bertz CT molecular complexity index is 501. The third-order valence-corrected chi connectivity index (χ3v) is 7.33. The van der Waals surface area contributed by atoms with Crippen molar-refractivity contribution in [2.24, 2.45) is 5.92 Å². The summed E-state index contributed by atoms with van der Waals surface area (Å²) in [6.07, 6.45) is 6.16. The summed E-state index contributed by atoms with van der Waals surface area (Å²) in [6, 6.07) is 0.666. The molecular formula is C17H33N3O3S. The van der Waals surface area contributed by atoms with Crippen LogP contribution in [0.5, 0.6) is 0 Å². The highest BCUT2D eigenvalue weighted by molar-refractivity contribution is 7.89. The zero-order valence-corrected chi connectivity index (χ0v) is 16.0. The van der Waals surface area contributed by atoms with Gasteiger partial charge in [-0.1, -0.05) is 6.42 Å². The highest BCUT2D eigenvalue weighted by Gasteiger charge is 2.29. The first kappa shape index (κ1) is 19.7. The van der Waals surface area contributed by atoms with Crippen LogP contribution in [0, 0.1) is 5.92 Å². The number of hydrogen-bond acceptors (Lipinski definition) is 4. The Morgan fingerprint density at radius 1 is 1.12 bits per heavy atom. The predicted octanol–water partition coefficient (Wildman–Crippen LogP) is 1.43. The monoisotopic (exact) mass is 359 g/mol. The van der Waals surface area contributed by atoms with E-state index in [2.05, 4.69) is 17.1 Å². The summed E-state index contributed by atoms with van der Waals surface area (Å²) in [5.41, 5.74) is 0. The minimum absolute atomic E-state index is 0.0396. The van der Waals surface area contributed by atoms with Crippen LogP contribution >= 0.6 is 0 Å². The fraction of sp³-hybridized carbons (Fsp3) is 0.941. The van der Waals surface area contributed by atoms with E-state index in [0.29, 0.717) is 32.0 Å². The summed E-state index contributed by atoms with van der Waals surface area (Å²) >= 11 is 0. The topological polar surface area (TPSA) is 69.7 Å². The van der Waals surface area contributed by atoms with E-state index in [4.69, 9.17) is 0 Å². The van der Waals surface area contributed by atoms with Gasteiger partial charge in [-0.15, -0.1) is 0 Å². The largest absolute Gasteiger partial charge is 0.356 e. The van der Waals surface area contributed by atoms with Gasteiger partial charge in [0.25, 0.3) is 0 Å². The number of nitrogens with zero attached hydrogens (tertiary/aromatic N) is 2. The zero-order chi connectivity index (χ0) is 17.6. The molecule has 2 saturated heterocycles. The van der Waals surface area contributed by atoms with Gasteiger partial charge >= 0.3 is 0 Å². The number of amides is 1. The second kappa shape index (κ2) is 9.15. The first-order valence-electron chi connectivity index (χ1n) is 9.43. The maximum atomic E-state index is 12.2. The molecule has 2 aliphatic rings. The molecule has 0 aromatic heterocycles. The minimum atomic E-state index is -3.11. The van der Waals surface area contributed by atoms with Crippen molar-refractivity contribution in [1.29, 1.82) is 0 Å². The Labute approximate surface area is 147 Å². The number of piperidine rings is 2. The fourth-order valence-corrected chi connectivity index (χ4v) is 4.84. The molecule has 0 spiro atoms. The van der Waals surface area contributed by atoms with Crippen LogP contribution in [-0.4, -0.2) is 68.0 Å². The van der Waals surface area contributed by atoms with Gasteiger partial charge in [0.2, 0.25) is 15.9 Å². The van der Waals surface area contributed by atoms with Crippen molar-refractivity contribution in [1.82, 2.24) is 14.5 Å². The fourth-order valence-electron chi connectivity index (χ4n) is 3.71. The molecule has 2 heterocycles. The molecule has 0 unspecified atom stereocenters. The van der Waals surface area contributed by atoms with Gasteiger partial charge in [-0.3, -0.25) is 4.79 Å². The van der Waals surface area contributed by atoms with Gasteiger partial charge < -0.3 is 10.2 Å². The normalized spacial score (nSPS) is 24.8. The molecule has 0 aromatic carbocycles. The van der Waals surface area contributed by atoms with E-state index in [1.54, 1.807) is 6.92 Å². The van der Waals surface area contributed by atoms with Crippen molar-refractivity contribution in [2.75, 3.05) is 38.5 Å². The van der Waals surface area contributed by atoms with Crippen molar-refractivity contribution >= 4 is 15.9 Å². The van der Waals surface area contributed by atoms with Gasteiger partial charge in [-0.2, -0.15) is 0 Å². The first-order valence-corrected chi connectivity index (χ1v) is 11.0. The SMILES string of the molecule is CCS(=O)(=O)N1CCC(C(=O)NCCCN2CCCC[C@H]2C)CC1. The van der Waals surface area contributed by atoms with E-state index in [0.717, 1.165) is 19.5 Å². The van der Waals surface area contributed by atoms with Crippen molar-refractivity contribution in [3.05, 3.63) is 0 Å². The number of sulfonamides is 1. The lowest BCUT2D eigenvalue weighted by Crippen LogP contribution is -2.44. The summed E-state index contributed by atoms with van der Waals surface area (Å²) in [6.45, 7) is 7.84. The summed E-state index contributed by atoms with van der Waals surface area (Å²) in [4.78, 5) is 14.8. The van der Waals surface area contributed by atoms with Gasteiger partial charge in [-0.25, -0.2) is 12.7 Å². The highest BCUT2D eigenvalue weighted by Crippen LogP contribution is 2.20. The molecule has 1 N–H and O–H groups in total. The molecule has 0 aliphatic carbocycles. The van der Waals surface area contributed by atoms with Gasteiger partial charge in [0.1, 0.15) is 0 Å². The average molecular weight is 360 g/mol. The Morgan fingerprint density at radius 3 is 2.46 bits per heavy atom. The van der Waals surface area contributed by atoms with Crippen LogP contribution in [0.3, 0.4) is 0 Å². The molecule has 2 rings (SSSR count). The van der Waals surface area contributed by atoms with E-state index < -0.39 is 10.0 Å². The number of rotatable bonds is 7. The molecular weight excluding hydrogens is 326 g/mol. The maximum Gasteiger partial charge on any atom is 0.223 e. The van der Waals surface area contributed by atoms with E-state index in [1.165, 1.54) is 30.1 Å². The molecule has 2 aliphatic heterocycles. The number of likely N-dealkylation sites (tertiary alicyclic amines) is 1. The van der Waals surface area contributed by atoms with Crippen molar-refractivity contribution in [2.45, 2.75) is 58.4 Å². The Kier molecular flexibility index (Phi) is 7.50. The van der Waals surface area contributed by atoms with Gasteiger partial charge in [-0.05, 0) is 52.5 Å². The van der Waals surface area contributed by atoms with E-state index in [-0.39, 0.29) is 17.6 Å². The number of carbonyl (C=O) groups excluding carboxylic acids is 1. The van der Waals surface area contributed by atoms with Crippen molar-refractivity contribution < 1.29 is 13.2 Å². The van der Waals surface area contributed by atoms with E-state index in [9.17, 15) is 13.2 Å². The van der Waals surface area contributed by atoms with Crippen LogP contribution in [-0.2, 0) is 14.8 Å². The smallest absolute Gasteiger partial charge is 0.223 e. The Morgan fingerprint density at radius 2 is 1.83 bits per heavy atom. The average Bonchev–Trinajstić information content (AvgIpc) is 2.60. The summed E-state index contributed by atoms with van der Waals surface area (Å²) in [5, 5.41) is 3.04. The number of carbonyl (C=O) groups is 1. The second-order valence-corrected chi connectivity index (χ2v) is 9.36. The summed E-state index contributed by atoms with van der Waals surface area (Å²) < 4.78 is 25.2. The van der Waals surface area contributed by atoms with Crippen LogP contribution in [0.4, 0.5) is 0 Å². The third kappa shape index (κ3) is 5.43. The quantitative estimate of drug-likeness (QED) is 0.698. The molecule has 0 aromatic rings. The highest BCUT2D eigenvalue weighted by atomic mass is 32.2. The standard InChI is InChI=1S/C17H33N3O3S/c1-3-24(22,23)20-13-8-16(9-14-20)17(21)18-10-6-12-19-11-5-4-7-15(19)2/h15-16H,3-14H2,1-2H3,(H,18,21)/t15-/m1/s1. The molecule has 6 nitrogen and oxygen atoms in total. The predicted molar refractivity (Wildman–Crippen MR) is 96.3 cm³/mol. The van der Waals surface area contributed by atoms with Crippen LogP contribution in [0.25, 0.3) is 0 Å². The Balaban J connectivity index is 1.63. The zero-order valence-electron chi connectivity index (χ0n) is 15.2. The van der Waals surface area contributed by atoms with Crippen molar-refractivity contribution in [3.8, 4) is 0 Å². The maximum absolute atomic E-state index is 12.2. The molecule has 140 valence electrons. The van der Waals surface area contributed by atoms with Crippen molar-refractivity contribution in [3.63, 3.8) is 0 Å².